The molecule has 234 valence electrons. The van der Waals surface area contributed by atoms with Gasteiger partial charge in [-0.2, -0.15) is 0 Å². The van der Waals surface area contributed by atoms with Gasteiger partial charge in [0.15, 0.2) is 17.5 Å². The summed E-state index contributed by atoms with van der Waals surface area (Å²) >= 11 is 0. The van der Waals surface area contributed by atoms with Crippen molar-refractivity contribution < 1.29 is 8.83 Å². The Kier molecular flexibility index (Phi) is 6.42. The Morgan fingerprint density at radius 2 is 0.740 bits per heavy atom. The van der Waals surface area contributed by atoms with Crippen LogP contribution in [0.15, 0.2) is 173 Å². The molecule has 0 radical (unpaired) electrons. The SMILES string of the molecule is c1ccc(-c2nc(-c3ccccc3)nc(-c3ccc4c(c3)oc3cc(-c5ccc6c(c5)oc5c(-c7ccccc7)cccc56)ccc34)n2)cc1. The van der Waals surface area contributed by atoms with E-state index in [4.69, 9.17) is 23.8 Å². The van der Waals surface area contributed by atoms with Gasteiger partial charge in [0.25, 0.3) is 0 Å². The molecule has 0 aliphatic carbocycles. The monoisotopic (exact) mass is 641 g/mol. The van der Waals surface area contributed by atoms with Gasteiger partial charge in [0.1, 0.15) is 22.3 Å². The minimum absolute atomic E-state index is 0.593. The maximum Gasteiger partial charge on any atom is 0.164 e. The van der Waals surface area contributed by atoms with Crippen LogP contribution < -0.4 is 0 Å². The molecule has 0 unspecified atom stereocenters. The third-order valence-corrected chi connectivity index (χ3v) is 9.35. The van der Waals surface area contributed by atoms with Crippen molar-refractivity contribution in [2.24, 2.45) is 0 Å². The molecule has 0 atom stereocenters. The van der Waals surface area contributed by atoms with E-state index in [2.05, 4.69) is 91.0 Å². The van der Waals surface area contributed by atoms with E-state index >= 15 is 0 Å². The summed E-state index contributed by atoms with van der Waals surface area (Å²) in [6.45, 7) is 0. The van der Waals surface area contributed by atoms with Crippen molar-refractivity contribution in [3.05, 3.63) is 164 Å². The van der Waals surface area contributed by atoms with Crippen molar-refractivity contribution in [1.82, 2.24) is 15.0 Å². The number of fused-ring (bicyclic) bond motifs is 6. The van der Waals surface area contributed by atoms with Gasteiger partial charge < -0.3 is 8.83 Å². The van der Waals surface area contributed by atoms with Crippen LogP contribution in [0.1, 0.15) is 0 Å². The third kappa shape index (κ3) is 4.75. The van der Waals surface area contributed by atoms with Crippen LogP contribution in [0.5, 0.6) is 0 Å². The van der Waals surface area contributed by atoms with Crippen molar-refractivity contribution in [1.29, 1.82) is 0 Å². The van der Waals surface area contributed by atoms with Gasteiger partial charge in [0.05, 0.1) is 0 Å². The summed E-state index contributed by atoms with van der Waals surface area (Å²) in [7, 11) is 0. The summed E-state index contributed by atoms with van der Waals surface area (Å²) in [5.74, 6) is 1.85. The fourth-order valence-corrected chi connectivity index (χ4v) is 6.86. The maximum atomic E-state index is 6.52. The first kappa shape index (κ1) is 28.2. The molecule has 50 heavy (non-hydrogen) atoms. The fraction of sp³-hybridized carbons (Fsp3) is 0. The lowest BCUT2D eigenvalue weighted by Gasteiger charge is -2.08. The molecule has 5 nitrogen and oxygen atoms in total. The van der Waals surface area contributed by atoms with Crippen LogP contribution in [0.2, 0.25) is 0 Å². The first-order valence-electron chi connectivity index (χ1n) is 16.6. The van der Waals surface area contributed by atoms with Gasteiger partial charge in [-0.1, -0.05) is 127 Å². The van der Waals surface area contributed by atoms with Crippen LogP contribution in [0.25, 0.3) is 100 Å². The first-order chi connectivity index (χ1) is 24.7. The maximum absolute atomic E-state index is 6.52. The Morgan fingerprint density at radius 3 is 1.30 bits per heavy atom. The minimum atomic E-state index is 0.593. The molecule has 0 aliphatic rings. The number of furan rings is 2. The molecule has 0 saturated carbocycles. The largest absolute Gasteiger partial charge is 0.456 e. The van der Waals surface area contributed by atoms with Crippen molar-refractivity contribution in [2.75, 3.05) is 0 Å². The Balaban J connectivity index is 1.05. The van der Waals surface area contributed by atoms with E-state index < -0.39 is 0 Å². The van der Waals surface area contributed by atoms with Crippen molar-refractivity contribution in [3.63, 3.8) is 0 Å². The average Bonchev–Trinajstić information content (AvgIpc) is 3.76. The molecular weight excluding hydrogens is 615 g/mol. The molecule has 0 saturated heterocycles. The van der Waals surface area contributed by atoms with Gasteiger partial charge in [-0.15, -0.1) is 0 Å². The van der Waals surface area contributed by atoms with Crippen LogP contribution in [-0.2, 0) is 0 Å². The number of hydrogen-bond donors (Lipinski definition) is 0. The molecule has 3 heterocycles. The molecule has 0 N–H and O–H groups in total. The van der Waals surface area contributed by atoms with E-state index in [9.17, 15) is 0 Å². The fourth-order valence-electron chi connectivity index (χ4n) is 6.86. The molecule has 7 aromatic carbocycles. The van der Waals surface area contributed by atoms with Gasteiger partial charge in [-0.3, -0.25) is 0 Å². The smallest absolute Gasteiger partial charge is 0.164 e. The number of hydrogen-bond acceptors (Lipinski definition) is 5. The summed E-state index contributed by atoms with van der Waals surface area (Å²) in [4.78, 5) is 14.6. The predicted molar refractivity (Wildman–Crippen MR) is 202 cm³/mol. The number of aromatic nitrogens is 3. The quantitative estimate of drug-likeness (QED) is 0.187. The molecule has 0 amide bonds. The summed E-state index contributed by atoms with van der Waals surface area (Å²) in [6.07, 6.45) is 0. The highest BCUT2D eigenvalue weighted by Gasteiger charge is 2.16. The minimum Gasteiger partial charge on any atom is -0.456 e. The molecule has 5 heteroatoms. The van der Waals surface area contributed by atoms with E-state index in [0.29, 0.717) is 17.5 Å². The van der Waals surface area contributed by atoms with E-state index in [1.807, 2.05) is 72.8 Å². The number of para-hydroxylation sites is 1. The van der Waals surface area contributed by atoms with Gasteiger partial charge in [0, 0.05) is 43.8 Å². The predicted octanol–water partition coefficient (Wildman–Crippen LogP) is 12.0. The first-order valence-corrected chi connectivity index (χ1v) is 16.6. The molecular formula is C45H27N3O2. The molecule has 0 fully saturated rings. The Bertz CT molecular complexity index is 2800. The van der Waals surface area contributed by atoms with Crippen LogP contribution in [0, 0.1) is 0 Å². The van der Waals surface area contributed by atoms with E-state index in [1.165, 1.54) is 0 Å². The van der Waals surface area contributed by atoms with Gasteiger partial charge in [-0.05, 0) is 53.1 Å². The highest BCUT2D eigenvalue weighted by Crippen LogP contribution is 2.39. The highest BCUT2D eigenvalue weighted by molar-refractivity contribution is 6.11. The molecule has 10 rings (SSSR count). The molecule has 3 aromatic heterocycles. The Labute approximate surface area is 287 Å². The second-order valence-corrected chi connectivity index (χ2v) is 12.4. The lowest BCUT2D eigenvalue weighted by molar-refractivity contribution is 0.668. The zero-order valence-electron chi connectivity index (χ0n) is 26.7. The van der Waals surface area contributed by atoms with E-state index in [1.54, 1.807) is 0 Å². The van der Waals surface area contributed by atoms with Crippen LogP contribution in [-0.4, -0.2) is 15.0 Å². The van der Waals surface area contributed by atoms with Gasteiger partial charge >= 0.3 is 0 Å². The second kappa shape index (κ2) is 11.4. The summed E-state index contributed by atoms with van der Waals surface area (Å²) in [5, 5.41) is 4.31. The number of benzene rings is 7. The highest BCUT2D eigenvalue weighted by atomic mass is 16.3. The average molecular weight is 642 g/mol. The lowest BCUT2D eigenvalue weighted by Crippen LogP contribution is -2.00. The standard InChI is InChI=1S/C45H27N3O2/c1-4-11-28(12-5-1)34-17-10-18-38-37-23-20-32(26-41(37)50-42(34)38)31-19-22-35-36-24-21-33(27-40(36)49-39(35)25-31)45-47-43(29-13-6-2-7-14-29)46-44(48-45)30-15-8-3-9-16-30/h1-27H. The molecule has 10 aromatic rings. The van der Waals surface area contributed by atoms with E-state index in [-0.39, 0.29) is 0 Å². The van der Waals surface area contributed by atoms with Crippen molar-refractivity contribution in [3.8, 4) is 56.4 Å². The summed E-state index contributed by atoms with van der Waals surface area (Å²) in [6, 6.07) is 55.7. The van der Waals surface area contributed by atoms with Gasteiger partial charge in [-0.25, -0.2) is 15.0 Å². The number of nitrogens with zero attached hydrogens (tertiary/aromatic N) is 3. The zero-order chi connectivity index (χ0) is 33.0. The Hall–Kier alpha value is -6.85. The molecule has 0 spiro atoms. The van der Waals surface area contributed by atoms with Crippen LogP contribution in [0.3, 0.4) is 0 Å². The third-order valence-electron chi connectivity index (χ3n) is 9.35. The van der Waals surface area contributed by atoms with Crippen LogP contribution >= 0.6 is 0 Å². The van der Waals surface area contributed by atoms with E-state index in [0.717, 1.165) is 82.8 Å². The molecule has 0 aliphatic heterocycles. The van der Waals surface area contributed by atoms with Crippen molar-refractivity contribution in [2.45, 2.75) is 0 Å². The van der Waals surface area contributed by atoms with Gasteiger partial charge in [0.2, 0.25) is 0 Å². The number of rotatable bonds is 5. The summed E-state index contributed by atoms with van der Waals surface area (Å²) < 4.78 is 13.0. The zero-order valence-corrected chi connectivity index (χ0v) is 26.7. The normalized spacial score (nSPS) is 11.6. The Morgan fingerprint density at radius 1 is 0.300 bits per heavy atom. The van der Waals surface area contributed by atoms with Crippen LogP contribution in [0.4, 0.5) is 0 Å². The molecule has 0 bridgehead atoms. The second-order valence-electron chi connectivity index (χ2n) is 12.4. The lowest BCUT2D eigenvalue weighted by atomic mass is 10.0. The summed E-state index contributed by atoms with van der Waals surface area (Å²) in [5.41, 5.74) is 10.4. The topological polar surface area (TPSA) is 65.0 Å². The van der Waals surface area contributed by atoms with Crippen molar-refractivity contribution >= 4 is 43.9 Å².